The van der Waals surface area contributed by atoms with E-state index in [0.29, 0.717) is 5.56 Å². The van der Waals surface area contributed by atoms with Gasteiger partial charge in [0.25, 0.3) is 5.91 Å². The molecule has 4 rings (SSSR count). The molecule has 3 aromatic rings. The molecule has 1 aromatic carbocycles. The molecule has 150 valence electrons. The van der Waals surface area contributed by atoms with Gasteiger partial charge in [0.2, 0.25) is 0 Å². The molecule has 1 aliphatic heterocycles. The van der Waals surface area contributed by atoms with E-state index < -0.39 is 0 Å². The number of aromatic nitrogens is 2. The smallest absolute Gasteiger partial charge is 0.255 e. The Bertz CT molecular complexity index is 1000. The lowest BCUT2D eigenvalue weighted by Gasteiger charge is -2.36. The van der Waals surface area contributed by atoms with Crippen molar-refractivity contribution in [2.24, 2.45) is 0 Å². The summed E-state index contributed by atoms with van der Waals surface area (Å²) in [7, 11) is 4.01. The molecule has 2 aromatic heterocycles. The van der Waals surface area contributed by atoms with Crippen LogP contribution in [0.2, 0.25) is 0 Å². The van der Waals surface area contributed by atoms with Crippen LogP contribution in [0.4, 0.5) is 5.82 Å². The molecule has 0 saturated carbocycles. The zero-order valence-corrected chi connectivity index (χ0v) is 17.2. The lowest BCUT2D eigenvalue weighted by Crippen LogP contribution is -2.44. The zero-order chi connectivity index (χ0) is 20.2. The van der Waals surface area contributed by atoms with E-state index >= 15 is 0 Å². The second kappa shape index (κ2) is 8.60. The molecule has 0 N–H and O–H groups in total. The van der Waals surface area contributed by atoms with Crippen molar-refractivity contribution in [3.8, 4) is 0 Å². The number of anilines is 1. The first-order chi connectivity index (χ1) is 14.1. The van der Waals surface area contributed by atoms with E-state index in [1.807, 2.05) is 55.4 Å². The second-order valence-electron chi connectivity index (χ2n) is 7.99. The lowest BCUT2D eigenvalue weighted by molar-refractivity contribution is 0.0601. The van der Waals surface area contributed by atoms with Gasteiger partial charge in [0.05, 0.1) is 11.1 Å². The van der Waals surface area contributed by atoms with Crippen molar-refractivity contribution in [3.63, 3.8) is 0 Å². The molecule has 1 fully saturated rings. The molecule has 3 heterocycles. The van der Waals surface area contributed by atoms with Gasteiger partial charge in [0.1, 0.15) is 5.82 Å². The molecule has 1 amide bonds. The van der Waals surface area contributed by atoms with E-state index in [-0.39, 0.29) is 11.9 Å². The van der Waals surface area contributed by atoms with E-state index in [0.717, 1.165) is 54.6 Å². The third-order valence-electron chi connectivity index (χ3n) is 5.71. The van der Waals surface area contributed by atoms with Crippen LogP contribution in [-0.4, -0.2) is 47.5 Å². The number of pyridine rings is 2. The molecular formula is C24H28N4O. The van der Waals surface area contributed by atoms with Crippen LogP contribution in [0, 0.1) is 0 Å². The summed E-state index contributed by atoms with van der Waals surface area (Å²) < 4.78 is 0. The zero-order valence-electron chi connectivity index (χ0n) is 17.2. The minimum absolute atomic E-state index is 0.1000. The highest BCUT2D eigenvalue weighted by Crippen LogP contribution is 2.24. The highest BCUT2D eigenvalue weighted by Gasteiger charge is 2.27. The standard InChI is InChI=1S/C24H28N4O/c1-27(2)23-12-7-9-20(26-23)13-14-21-10-5-6-15-28(21)24(29)19-16-18-8-3-4-11-22(18)25-17-19/h3-4,7-9,11-12,16-17,21H,5-6,10,13-15H2,1-2H3. The summed E-state index contributed by atoms with van der Waals surface area (Å²) in [5, 5.41) is 1.01. The topological polar surface area (TPSA) is 49.3 Å². The van der Waals surface area contributed by atoms with Crippen LogP contribution < -0.4 is 4.90 Å². The van der Waals surface area contributed by atoms with Crippen molar-refractivity contribution in [3.05, 3.63) is 66.0 Å². The fraction of sp³-hybridized carbons (Fsp3) is 0.375. The quantitative estimate of drug-likeness (QED) is 0.653. The van der Waals surface area contributed by atoms with Gasteiger partial charge in [-0.1, -0.05) is 24.3 Å². The molecule has 29 heavy (non-hydrogen) atoms. The van der Waals surface area contributed by atoms with Crippen LogP contribution in [0.25, 0.3) is 10.9 Å². The number of likely N-dealkylation sites (tertiary alicyclic amines) is 1. The molecule has 0 aliphatic carbocycles. The molecule has 1 atom stereocenters. The van der Waals surface area contributed by atoms with E-state index in [1.165, 1.54) is 6.42 Å². The number of hydrogen-bond acceptors (Lipinski definition) is 4. The Morgan fingerprint density at radius 2 is 2.00 bits per heavy atom. The fourth-order valence-electron chi connectivity index (χ4n) is 4.09. The van der Waals surface area contributed by atoms with Gasteiger partial charge in [-0.25, -0.2) is 4.98 Å². The number of aryl methyl sites for hydroxylation is 1. The molecule has 0 radical (unpaired) electrons. The van der Waals surface area contributed by atoms with Crippen molar-refractivity contribution in [2.75, 3.05) is 25.5 Å². The van der Waals surface area contributed by atoms with Crippen molar-refractivity contribution >= 4 is 22.6 Å². The summed E-state index contributed by atoms with van der Waals surface area (Å²) in [6, 6.07) is 16.3. The minimum Gasteiger partial charge on any atom is -0.363 e. The van der Waals surface area contributed by atoms with E-state index in [4.69, 9.17) is 4.98 Å². The largest absolute Gasteiger partial charge is 0.363 e. The number of benzene rings is 1. The van der Waals surface area contributed by atoms with Gasteiger partial charge in [-0.3, -0.25) is 9.78 Å². The molecule has 5 nitrogen and oxygen atoms in total. The Morgan fingerprint density at radius 3 is 2.86 bits per heavy atom. The van der Waals surface area contributed by atoms with E-state index in [9.17, 15) is 4.79 Å². The highest BCUT2D eigenvalue weighted by atomic mass is 16.2. The number of hydrogen-bond donors (Lipinski definition) is 0. The third kappa shape index (κ3) is 4.39. The molecule has 0 bridgehead atoms. The van der Waals surface area contributed by atoms with E-state index in [2.05, 4.69) is 22.0 Å². The lowest BCUT2D eigenvalue weighted by atomic mass is 9.96. The highest BCUT2D eigenvalue weighted by molar-refractivity contribution is 5.97. The summed E-state index contributed by atoms with van der Waals surface area (Å²) in [6.45, 7) is 0.821. The van der Waals surface area contributed by atoms with Crippen LogP contribution >= 0.6 is 0 Å². The minimum atomic E-state index is 0.1000. The van der Waals surface area contributed by atoms with Gasteiger partial charge in [0.15, 0.2) is 0 Å². The van der Waals surface area contributed by atoms with Gasteiger partial charge < -0.3 is 9.80 Å². The maximum absolute atomic E-state index is 13.3. The predicted molar refractivity (Wildman–Crippen MR) is 117 cm³/mol. The van der Waals surface area contributed by atoms with Crippen LogP contribution in [0.1, 0.15) is 41.7 Å². The van der Waals surface area contributed by atoms with Gasteiger partial charge in [0, 0.05) is 44.0 Å². The molecule has 1 saturated heterocycles. The van der Waals surface area contributed by atoms with Crippen LogP contribution in [0.5, 0.6) is 0 Å². The Balaban J connectivity index is 1.49. The van der Waals surface area contributed by atoms with Gasteiger partial charge >= 0.3 is 0 Å². The molecule has 5 heteroatoms. The monoisotopic (exact) mass is 388 g/mol. The fourth-order valence-corrected chi connectivity index (χ4v) is 4.09. The molecule has 1 unspecified atom stereocenters. The number of amides is 1. The average molecular weight is 389 g/mol. The number of fused-ring (bicyclic) bond motifs is 1. The van der Waals surface area contributed by atoms with Crippen LogP contribution in [-0.2, 0) is 6.42 Å². The Hall–Kier alpha value is -2.95. The third-order valence-corrected chi connectivity index (χ3v) is 5.71. The van der Waals surface area contributed by atoms with Gasteiger partial charge in [-0.2, -0.15) is 0 Å². The molecule has 0 spiro atoms. The van der Waals surface area contributed by atoms with Crippen molar-refractivity contribution in [2.45, 2.75) is 38.1 Å². The maximum Gasteiger partial charge on any atom is 0.255 e. The number of piperidine rings is 1. The number of para-hydroxylation sites is 1. The van der Waals surface area contributed by atoms with Gasteiger partial charge in [-0.05, 0) is 56.4 Å². The maximum atomic E-state index is 13.3. The summed E-state index contributed by atoms with van der Waals surface area (Å²) in [5.41, 5.74) is 2.69. The van der Waals surface area contributed by atoms with Gasteiger partial charge in [-0.15, -0.1) is 0 Å². The van der Waals surface area contributed by atoms with E-state index in [1.54, 1.807) is 6.20 Å². The second-order valence-corrected chi connectivity index (χ2v) is 7.99. The Labute approximate surface area is 172 Å². The van der Waals surface area contributed by atoms with Crippen LogP contribution in [0.3, 0.4) is 0 Å². The Kier molecular flexibility index (Phi) is 5.74. The first kappa shape index (κ1) is 19.4. The van der Waals surface area contributed by atoms with Crippen molar-refractivity contribution in [1.29, 1.82) is 0 Å². The van der Waals surface area contributed by atoms with Crippen LogP contribution in [0.15, 0.2) is 54.7 Å². The first-order valence-electron chi connectivity index (χ1n) is 10.4. The van der Waals surface area contributed by atoms with Crippen molar-refractivity contribution in [1.82, 2.24) is 14.9 Å². The summed E-state index contributed by atoms with van der Waals surface area (Å²) >= 11 is 0. The first-order valence-corrected chi connectivity index (χ1v) is 10.4. The Morgan fingerprint density at radius 1 is 1.14 bits per heavy atom. The number of rotatable bonds is 5. The number of nitrogens with zero attached hydrogens (tertiary/aromatic N) is 4. The molecular weight excluding hydrogens is 360 g/mol. The summed E-state index contributed by atoms with van der Waals surface area (Å²) in [5.74, 6) is 1.07. The predicted octanol–water partition coefficient (Wildman–Crippen LogP) is 4.32. The number of carbonyl (C=O) groups excluding carboxylic acids is 1. The van der Waals surface area contributed by atoms with Crippen molar-refractivity contribution < 1.29 is 4.79 Å². The normalized spacial score (nSPS) is 16.8. The number of carbonyl (C=O) groups is 1. The summed E-state index contributed by atoms with van der Waals surface area (Å²) in [4.78, 5) is 26.6. The molecule has 1 aliphatic rings. The summed E-state index contributed by atoms with van der Waals surface area (Å²) in [6.07, 6.45) is 6.84. The average Bonchev–Trinajstić information content (AvgIpc) is 2.77. The SMILES string of the molecule is CN(C)c1cccc(CCC2CCCCN2C(=O)c2cnc3ccccc3c2)n1.